The van der Waals surface area contributed by atoms with E-state index in [1.807, 2.05) is 36.4 Å². The zero-order chi connectivity index (χ0) is 14.5. The maximum absolute atomic E-state index is 6.05. The lowest BCUT2D eigenvalue weighted by Gasteiger charge is -2.15. The zero-order valence-corrected chi connectivity index (χ0v) is 12.9. The molecule has 5 heteroatoms. The minimum Gasteiger partial charge on any atom is -0.331 e. The third kappa shape index (κ3) is 3.62. The molecule has 0 heterocycles. The molecule has 2 aromatic carbocycles. The van der Waals surface area contributed by atoms with Gasteiger partial charge in [-0.15, -0.1) is 0 Å². The van der Waals surface area contributed by atoms with Gasteiger partial charge in [-0.05, 0) is 55.4 Å². The molecule has 2 rings (SSSR count). The number of benzene rings is 2. The predicted octanol–water partition coefficient (Wildman–Crippen LogP) is 4.27. The van der Waals surface area contributed by atoms with Crippen LogP contribution < -0.4 is 16.2 Å². The number of thiocarbonyl (C=S) groups is 1. The SMILES string of the molecule is Cc1cccc(NC(=S)NNc2ccccc2Cl)c1C. The molecule has 0 unspecified atom stereocenters. The van der Waals surface area contributed by atoms with Crippen molar-refractivity contribution < 1.29 is 0 Å². The van der Waals surface area contributed by atoms with Crippen molar-refractivity contribution in [1.29, 1.82) is 0 Å². The summed E-state index contributed by atoms with van der Waals surface area (Å²) in [7, 11) is 0. The van der Waals surface area contributed by atoms with E-state index in [4.69, 9.17) is 23.8 Å². The maximum Gasteiger partial charge on any atom is 0.189 e. The van der Waals surface area contributed by atoms with Gasteiger partial charge in [0, 0.05) is 5.69 Å². The van der Waals surface area contributed by atoms with Gasteiger partial charge in [-0.2, -0.15) is 0 Å². The van der Waals surface area contributed by atoms with Crippen molar-refractivity contribution in [2.75, 3.05) is 10.7 Å². The Labute approximate surface area is 129 Å². The lowest BCUT2D eigenvalue weighted by molar-refractivity contribution is 1.14. The third-order valence-electron chi connectivity index (χ3n) is 3.04. The number of halogens is 1. The highest BCUT2D eigenvalue weighted by Gasteiger charge is 2.03. The van der Waals surface area contributed by atoms with Crippen LogP contribution in [0.2, 0.25) is 5.02 Å². The molecule has 104 valence electrons. The third-order valence-corrected chi connectivity index (χ3v) is 3.57. The summed E-state index contributed by atoms with van der Waals surface area (Å²) in [5.74, 6) is 0. The Morgan fingerprint density at radius 3 is 2.45 bits per heavy atom. The Morgan fingerprint density at radius 2 is 1.70 bits per heavy atom. The number of anilines is 2. The van der Waals surface area contributed by atoms with Crippen molar-refractivity contribution in [2.45, 2.75) is 13.8 Å². The van der Waals surface area contributed by atoms with Crippen molar-refractivity contribution in [2.24, 2.45) is 0 Å². The molecule has 0 fully saturated rings. The molecular weight excluding hydrogens is 290 g/mol. The number of para-hydroxylation sites is 1. The van der Waals surface area contributed by atoms with Crippen molar-refractivity contribution >= 4 is 40.3 Å². The summed E-state index contributed by atoms with van der Waals surface area (Å²) >= 11 is 11.3. The molecular formula is C15H16ClN3S. The van der Waals surface area contributed by atoms with E-state index in [2.05, 4.69) is 36.1 Å². The minimum atomic E-state index is 0.485. The van der Waals surface area contributed by atoms with Crippen LogP contribution in [0.4, 0.5) is 11.4 Å². The molecule has 3 N–H and O–H groups in total. The number of hydrogen-bond donors (Lipinski definition) is 3. The maximum atomic E-state index is 6.05. The highest BCUT2D eigenvalue weighted by Crippen LogP contribution is 2.20. The number of hydrazine groups is 1. The van der Waals surface area contributed by atoms with Crippen LogP contribution in [0.15, 0.2) is 42.5 Å². The Hall–Kier alpha value is -1.78. The summed E-state index contributed by atoms with van der Waals surface area (Å²) in [4.78, 5) is 0. The largest absolute Gasteiger partial charge is 0.331 e. The standard InChI is InChI=1S/C15H16ClN3S/c1-10-6-5-9-13(11(10)2)17-15(20)19-18-14-8-4-3-7-12(14)16/h3-9,18H,1-2H3,(H2,17,19,20). The molecule has 0 aliphatic rings. The van der Waals surface area contributed by atoms with Gasteiger partial charge in [0.05, 0.1) is 10.7 Å². The van der Waals surface area contributed by atoms with Gasteiger partial charge < -0.3 is 5.32 Å². The smallest absolute Gasteiger partial charge is 0.189 e. The van der Waals surface area contributed by atoms with Crippen molar-refractivity contribution in [3.05, 3.63) is 58.6 Å². The molecule has 2 aromatic rings. The second kappa shape index (κ2) is 6.59. The molecule has 0 atom stereocenters. The Bertz CT molecular complexity index is 628. The summed E-state index contributed by atoms with van der Waals surface area (Å²) in [5, 5.41) is 4.27. The van der Waals surface area contributed by atoms with Gasteiger partial charge in [0.25, 0.3) is 0 Å². The van der Waals surface area contributed by atoms with Gasteiger partial charge in [0.15, 0.2) is 5.11 Å². The summed E-state index contributed by atoms with van der Waals surface area (Å²) < 4.78 is 0. The first-order valence-corrected chi connectivity index (χ1v) is 7.00. The van der Waals surface area contributed by atoms with E-state index in [1.165, 1.54) is 11.1 Å². The van der Waals surface area contributed by atoms with Crippen LogP contribution in [0.3, 0.4) is 0 Å². The van der Waals surface area contributed by atoms with Crippen molar-refractivity contribution in [1.82, 2.24) is 5.43 Å². The summed E-state index contributed by atoms with van der Waals surface area (Å²) in [6.45, 7) is 4.13. The molecule has 0 spiro atoms. The quantitative estimate of drug-likeness (QED) is 0.584. The fraction of sp³-hybridized carbons (Fsp3) is 0.133. The molecule has 0 radical (unpaired) electrons. The van der Waals surface area contributed by atoms with Gasteiger partial charge in [-0.3, -0.25) is 10.9 Å². The van der Waals surface area contributed by atoms with E-state index < -0.39 is 0 Å². The van der Waals surface area contributed by atoms with Gasteiger partial charge in [-0.1, -0.05) is 35.9 Å². The van der Waals surface area contributed by atoms with Crippen LogP contribution in [0.25, 0.3) is 0 Å². The fourth-order valence-electron chi connectivity index (χ4n) is 1.73. The number of hydrogen-bond acceptors (Lipinski definition) is 2. The van der Waals surface area contributed by atoms with E-state index >= 15 is 0 Å². The first kappa shape index (κ1) is 14.6. The lowest BCUT2D eigenvalue weighted by atomic mass is 10.1. The van der Waals surface area contributed by atoms with Gasteiger partial charge in [-0.25, -0.2) is 0 Å². The predicted molar refractivity (Wildman–Crippen MR) is 90.3 cm³/mol. The molecule has 0 aromatic heterocycles. The number of rotatable bonds is 3. The van der Waals surface area contributed by atoms with E-state index in [0.29, 0.717) is 10.1 Å². The van der Waals surface area contributed by atoms with Gasteiger partial charge >= 0.3 is 0 Å². The number of nitrogens with one attached hydrogen (secondary N) is 3. The summed E-state index contributed by atoms with van der Waals surface area (Å²) in [6, 6.07) is 13.5. The first-order chi connectivity index (χ1) is 9.58. The second-order valence-corrected chi connectivity index (χ2v) is 5.25. The molecule has 0 saturated heterocycles. The van der Waals surface area contributed by atoms with Crippen LogP contribution in [0.1, 0.15) is 11.1 Å². The van der Waals surface area contributed by atoms with Crippen LogP contribution >= 0.6 is 23.8 Å². The van der Waals surface area contributed by atoms with Crippen LogP contribution in [-0.2, 0) is 0 Å². The van der Waals surface area contributed by atoms with Crippen molar-refractivity contribution in [3.8, 4) is 0 Å². The van der Waals surface area contributed by atoms with Crippen LogP contribution in [0, 0.1) is 13.8 Å². The molecule has 0 amide bonds. The van der Waals surface area contributed by atoms with E-state index in [0.717, 1.165) is 11.4 Å². The summed E-state index contributed by atoms with van der Waals surface area (Å²) in [6.07, 6.45) is 0. The molecule has 0 aliphatic carbocycles. The van der Waals surface area contributed by atoms with Gasteiger partial charge in [0.1, 0.15) is 0 Å². The molecule has 20 heavy (non-hydrogen) atoms. The number of aryl methyl sites for hydroxylation is 1. The van der Waals surface area contributed by atoms with E-state index in [-0.39, 0.29) is 0 Å². The average Bonchev–Trinajstić information content (AvgIpc) is 2.43. The monoisotopic (exact) mass is 305 g/mol. The molecule has 0 bridgehead atoms. The Kier molecular flexibility index (Phi) is 4.82. The minimum absolute atomic E-state index is 0.485. The molecule has 3 nitrogen and oxygen atoms in total. The average molecular weight is 306 g/mol. The highest BCUT2D eigenvalue weighted by atomic mass is 35.5. The van der Waals surface area contributed by atoms with E-state index in [1.54, 1.807) is 0 Å². The normalized spacial score (nSPS) is 9.95. The van der Waals surface area contributed by atoms with Gasteiger partial charge in [0.2, 0.25) is 0 Å². The highest BCUT2D eigenvalue weighted by molar-refractivity contribution is 7.80. The van der Waals surface area contributed by atoms with Crippen LogP contribution in [0.5, 0.6) is 0 Å². The second-order valence-electron chi connectivity index (χ2n) is 4.43. The Morgan fingerprint density at radius 1 is 1.00 bits per heavy atom. The first-order valence-electron chi connectivity index (χ1n) is 6.21. The molecule has 0 saturated carbocycles. The van der Waals surface area contributed by atoms with Crippen molar-refractivity contribution in [3.63, 3.8) is 0 Å². The summed E-state index contributed by atoms with van der Waals surface area (Å²) in [5.41, 5.74) is 10.1. The van der Waals surface area contributed by atoms with E-state index in [9.17, 15) is 0 Å². The lowest BCUT2D eigenvalue weighted by Crippen LogP contribution is -2.33. The topological polar surface area (TPSA) is 36.1 Å². The van der Waals surface area contributed by atoms with Crippen LogP contribution in [-0.4, -0.2) is 5.11 Å². The fourth-order valence-corrected chi connectivity index (χ4v) is 2.07. The molecule has 0 aliphatic heterocycles. The Balaban J connectivity index is 1.96. The zero-order valence-electron chi connectivity index (χ0n) is 11.3.